The molecule has 0 bridgehead atoms. The van der Waals surface area contributed by atoms with E-state index in [1.165, 1.54) is 19.5 Å². The van der Waals surface area contributed by atoms with Crippen molar-refractivity contribution in [3.63, 3.8) is 0 Å². The van der Waals surface area contributed by atoms with Crippen LogP contribution in [0.1, 0.15) is 11.1 Å². The highest BCUT2D eigenvalue weighted by Gasteiger charge is 2.18. The fraction of sp³-hybridized carbons (Fsp3) is 0.100. The van der Waals surface area contributed by atoms with Crippen molar-refractivity contribution in [1.82, 2.24) is 9.97 Å². The second kappa shape index (κ2) is 9.10. The zero-order valence-corrected chi connectivity index (χ0v) is 16.9. The van der Waals surface area contributed by atoms with Gasteiger partial charge in [-0.25, -0.2) is 14.8 Å². The van der Waals surface area contributed by atoms with Gasteiger partial charge >= 0.3 is 6.03 Å². The lowest BCUT2D eigenvalue weighted by Gasteiger charge is -2.13. The van der Waals surface area contributed by atoms with Crippen molar-refractivity contribution in [2.75, 3.05) is 23.5 Å². The zero-order valence-electron chi connectivity index (χ0n) is 16.2. The van der Waals surface area contributed by atoms with Gasteiger partial charge in [-0.3, -0.25) is 5.41 Å². The number of methoxy groups -OCH3 is 1. The number of amides is 2. The summed E-state index contributed by atoms with van der Waals surface area (Å²) in [5, 5.41) is 13.5. The van der Waals surface area contributed by atoms with Gasteiger partial charge in [-0.05, 0) is 30.7 Å². The van der Waals surface area contributed by atoms with E-state index in [-0.39, 0.29) is 28.2 Å². The van der Waals surface area contributed by atoms with Gasteiger partial charge in [-0.2, -0.15) is 0 Å². The minimum Gasteiger partial charge on any atom is -0.481 e. The average molecular weight is 427 g/mol. The SMILES string of the molecule is COC(=N)c1c(N)ncnc1Oc1ccc(NC(=O)Nc2ccccc2C)c(Cl)c1. The van der Waals surface area contributed by atoms with Gasteiger partial charge < -0.3 is 25.8 Å². The zero-order chi connectivity index (χ0) is 21.7. The van der Waals surface area contributed by atoms with Gasteiger partial charge in [0.2, 0.25) is 11.8 Å². The second-order valence-electron chi connectivity index (χ2n) is 6.11. The molecule has 0 saturated carbocycles. The minimum atomic E-state index is -0.431. The first-order chi connectivity index (χ1) is 14.4. The number of benzene rings is 2. The first-order valence-corrected chi connectivity index (χ1v) is 9.11. The molecule has 0 atom stereocenters. The molecule has 1 aromatic heterocycles. The van der Waals surface area contributed by atoms with E-state index in [9.17, 15) is 4.79 Å². The summed E-state index contributed by atoms with van der Waals surface area (Å²) >= 11 is 6.29. The normalized spacial score (nSPS) is 10.2. The number of carbonyl (C=O) groups is 1. The van der Waals surface area contributed by atoms with E-state index in [1.54, 1.807) is 18.2 Å². The molecule has 2 aromatic carbocycles. The number of nitrogens with two attached hydrogens (primary N) is 1. The number of nitrogen functional groups attached to an aromatic ring is 1. The Morgan fingerprint density at radius 3 is 2.57 bits per heavy atom. The van der Waals surface area contributed by atoms with Gasteiger partial charge in [0.05, 0.1) is 17.8 Å². The van der Waals surface area contributed by atoms with Crippen molar-refractivity contribution in [2.24, 2.45) is 0 Å². The number of aryl methyl sites for hydroxylation is 1. The van der Waals surface area contributed by atoms with Gasteiger partial charge in [0.1, 0.15) is 23.5 Å². The molecule has 2 amide bonds. The Labute approximate surface area is 177 Å². The lowest BCUT2D eigenvalue weighted by Crippen LogP contribution is -2.20. The third kappa shape index (κ3) is 4.76. The Kier molecular flexibility index (Phi) is 6.33. The summed E-state index contributed by atoms with van der Waals surface area (Å²) < 4.78 is 10.6. The molecular formula is C20H19ClN6O3. The number of rotatable bonds is 5. The molecule has 1 heterocycles. The molecule has 0 radical (unpaired) electrons. The maximum Gasteiger partial charge on any atom is 0.323 e. The van der Waals surface area contributed by atoms with E-state index in [0.717, 1.165) is 5.56 Å². The lowest BCUT2D eigenvalue weighted by molar-refractivity contribution is 0.262. The number of carbonyl (C=O) groups excluding carboxylic acids is 1. The van der Waals surface area contributed by atoms with Crippen LogP contribution in [-0.2, 0) is 4.74 Å². The van der Waals surface area contributed by atoms with Crippen molar-refractivity contribution in [2.45, 2.75) is 6.92 Å². The number of hydrogen-bond donors (Lipinski definition) is 4. The molecule has 0 fully saturated rings. The van der Waals surface area contributed by atoms with E-state index in [0.29, 0.717) is 17.1 Å². The monoisotopic (exact) mass is 426 g/mol. The highest BCUT2D eigenvalue weighted by molar-refractivity contribution is 6.34. The smallest absolute Gasteiger partial charge is 0.323 e. The maximum absolute atomic E-state index is 12.3. The molecule has 3 rings (SSSR count). The Morgan fingerprint density at radius 2 is 1.87 bits per heavy atom. The van der Waals surface area contributed by atoms with E-state index in [4.69, 9.17) is 32.2 Å². The Balaban J connectivity index is 1.75. The Morgan fingerprint density at radius 1 is 1.13 bits per heavy atom. The number of anilines is 3. The molecule has 3 aromatic rings. The molecule has 5 N–H and O–H groups in total. The van der Waals surface area contributed by atoms with Crippen LogP contribution in [0.4, 0.5) is 22.0 Å². The van der Waals surface area contributed by atoms with Gasteiger partial charge in [-0.1, -0.05) is 29.8 Å². The topological polar surface area (TPSA) is 135 Å². The molecule has 0 aliphatic rings. The molecule has 10 heteroatoms. The number of nitrogens with zero attached hydrogens (tertiary/aromatic N) is 2. The first-order valence-electron chi connectivity index (χ1n) is 8.73. The highest BCUT2D eigenvalue weighted by atomic mass is 35.5. The molecule has 0 saturated heterocycles. The summed E-state index contributed by atoms with van der Waals surface area (Å²) in [4.78, 5) is 20.1. The van der Waals surface area contributed by atoms with Gasteiger partial charge in [0, 0.05) is 11.8 Å². The third-order valence-corrected chi connectivity index (χ3v) is 4.38. The summed E-state index contributed by atoms with van der Waals surface area (Å²) in [6, 6.07) is 11.7. The summed E-state index contributed by atoms with van der Waals surface area (Å²) in [5.41, 5.74) is 7.94. The van der Waals surface area contributed by atoms with E-state index in [2.05, 4.69) is 20.6 Å². The number of para-hydroxylation sites is 1. The van der Waals surface area contributed by atoms with Crippen LogP contribution in [0.2, 0.25) is 5.02 Å². The number of hydrogen-bond acceptors (Lipinski definition) is 7. The highest BCUT2D eigenvalue weighted by Crippen LogP contribution is 2.31. The molecule has 30 heavy (non-hydrogen) atoms. The Hall–Kier alpha value is -3.85. The van der Waals surface area contributed by atoms with Crippen molar-refractivity contribution < 1.29 is 14.3 Å². The van der Waals surface area contributed by atoms with Crippen LogP contribution in [0.5, 0.6) is 11.6 Å². The number of nitrogens with one attached hydrogen (secondary N) is 3. The van der Waals surface area contributed by atoms with Crippen LogP contribution < -0.4 is 21.1 Å². The maximum atomic E-state index is 12.3. The number of aromatic nitrogens is 2. The van der Waals surface area contributed by atoms with Crippen LogP contribution in [0.15, 0.2) is 48.8 Å². The van der Waals surface area contributed by atoms with Crippen LogP contribution >= 0.6 is 11.6 Å². The van der Waals surface area contributed by atoms with Gasteiger partial charge in [-0.15, -0.1) is 0 Å². The number of urea groups is 1. The summed E-state index contributed by atoms with van der Waals surface area (Å²) in [6.07, 6.45) is 1.21. The second-order valence-corrected chi connectivity index (χ2v) is 6.52. The van der Waals surface area contributed by atoms with E-state index < -0.39 is 6.03 Å². The first kappa shape index (κ1) is 20.9. The molecule has 0 spiro atoms. The number of ether oxygens (including phenoxy) is 2. The minimum absolute atomic E-state index is 0.0448. The lowest BCUT2D eigenvalue weighted by atomic mass is 10.2. The van der Waals surface area contributed by atoms with Crippen LogP contribution in [0, 0.1) is 12.3 Å². The van der Waals surface area contributed by atoms with Crippen molar-refractivity contribution in [3.8, 4) is 11.6 Å². The fourth-order valence-corrected chi connectivity index (χ4v) is 2.75. The molecular weight excluding hydrogens is 408 g/mol. The quantitative estimate of drug-likeness (QED) is 0.352. The summed E-state index contributed by atoms with van der Waals surface area (Å²) in [6.45, 7) is 1.89. The average Bonchev–Trinajstić information content (AvgIpc) is 2.71. The van der Waals surface area contributed by atoms with Gasteiger partial charge in [0.15, 0.2) is 0 Å². The Bertz CT molecular complexity index is 1110. The summed E-state index contributed by atoms with van der Waals surface area (Å²) in [5.74, 6) is 0.181. The van der Waals surface area contributed by atoms with Crippen LogP contribution in [0.25, 0.3) is 0 Å². The predicted octanol–water partition coefficient (Wildman–Crippen LogP) is 4.43. The fourth-order valence-electron chi connectivity index (χ4n) is 2.54. The third-order valence-electron chi connectivity index (χ3n) is 4.07. The van der Waals surface area contributed by atoms with Crippen molar-refractivity contribution >= 4 is 40.7 Å². The van der Waals surface area contributed by atoms with E-state index in [1.807, 2.05) is 25.1 Å². The summed E-state index contributed by atoms with van der Waals surface area (Å²) in [7, 11) is 1.33. The largest absolute Gasteiger partial charge is 0.481 e. The standard InChI is InChI=1S/C20H19ClN6O3/c1-11-5-3-4-6-14(11)26-20(28)27-15-8-7-12(9-13(15)21)30-19-16(18(23)29-2)17(22)24-10-25-19/h3-10,23H,1-2H3,(H2,22,24,25)(H2,26,27,28). The molecule has 0 aliphatic carbocycles. The predicted molar refractivity (Wildman–Crippen MR) is 116 cm³/mol. The van der Waals surface area contributed by atoms with Crippen molar-refractivity contribution in [3.05, 3.63) is 64.9 Å². The molecule has 0 aliphatic heterocycles. The molecule has 0 unspecified atom stereocenters. The van der Waals surface area contributed by atoms with Gasteiger partial charge in [0.25, 0.3) is 0 Å². The van der Waals surface area contributed by atoms with E-state index >= 15 is 0 Å². The van der Waals surface area contributed by atoms with Crippen molar-refractivity contribution in [1.29, 1.82) is 5.41 Å². The molecule has 154 valence electrons. The molecule has 9 nitrogen and oxygen atoms in total. The number of halogens is 1. The van der Waals surface area contributed by atoms with Crippen LogP contribution in [0.3, 0.4) is 0 Å². The van der Waals surface area contributed by atoms with Crippen LogP contribution in [-0.4, -0.2) is 29.0 Å².